The molecule has 1 unspecified atom stereocenters. The number of hydrogen-bond donors (Lipinski definition) is 2. The maximum atomic E-state index is 13.0. The van der Waals surface area contributed by atoms with Gasteiger partial charge in [-0.05, 0) is 56.5 Å². The Balaban J connectivity index is 2.29. The molecule has 0 fully saturated rings. The van der Waals surface area contributed by atoms with Crippen molar-refractivity contribution >= 4 is 0 Å². The normalized spacial score (nSPS) is 12.8. The topological polar surface area (TPSA) is 32.3 Å². The van der Waals surface area contributed by atoms with Gasteiger partial charge in [0.25, 0.3) is 0 Å². The van der Waals surface area contributed by atoms with Gasteiger partial charge in [-0.25, -0.2) is 4.39 Å². The zero-order valence-electron chi connectivity index (χ0n) is 9.96. The Morgan fingerprint density at radius 3 is 2.88 bits per heavy atom. The van der Waals surface area contributed by atoms with Crippen LogP contribution in [0.25, 0.3) is 0 Å². The van der Waals surface area contributed by atoms with E-state index in [-0.39, 0.29) is 11.9 Å². The Labute approximate surface area is 96.5 Å². The predicted molar refractivity (Wildman–Crippen MR) is 63.8 cm³/mol. The van der Waals surface area contributed by atoms with Crippen LogP contribution in [0.4, 0.5) is 4.39 Å². The Morgan fingerprint density at radius 1 is 1.44 bits per heavy atom. The molecule has 0 aromatic heterocycles. The fourth-order valence-corrected chi connectivity index (χ4v) is 1.58. The van der Waals surface area contributed by atoms with Crippen LogP contribution < -0.4 is 5.32 Å². The van der Waals surface area contributed by atoms with Gasteiger partial charge in [-0.2, -0.15) is 0 Å². The van der Waals surface area contributed by atoms with Gasteiger partial charge in [0.2, 0.25) is 0 Å². The van der Waals surface area contributed by atoms with Gasteiger partial charge in [-0.3, -0.25) is 0 Å². The zero-order valence-corrected chi connectivity index (χ0v) is 9.96. The zero-order chi connectivity index (χ0) is 12.0. The van der Waals surface area contributed by atoms with E-state index in [0.717, 1.165) is 30.5 Å². The van der Waals surface area contributed by atoms with Gasteiger partial charge < -0.3 is 10.4 Å². The minimum absolute atomic E-state index is 0.189. The molecule has 0 aliphatic carbocycles. The molecule has 0 amide bonds. The van der Waals surface area contributed by atoms with Crippen molar-refractivity contribution in [3.8, 4) is 0 Å². The molecule has 0 aliphatic heterocycles. The van der Waals surface area contributed by atoms with Gasteiger partial charge in [0.1, 0.15) is 5.82 Å². The van der Waals surface area contributed by atoms with Crippen LogP contribution in [0.3, 0.4) is 0 Å². The number of aryl methyl sites for hydroxylation is 1. The molecule has 0 spiro atoms. The third-order valence-electron chi connectivity index (χ3n) is 2.60. The smallest absolute Gasteiger partial charge is 0.123 e. The highest BCUT2D eigenvalue weighted by Gasteiger charge is 2.00. The molecule has 0 radical (unpaired) electrons. The second-order valence-electron chi connectivity index (χ2n) is 4.24. The average Bonchev–Trinajstić information content (AvgIpc) is 2.22. The first kappa shape index (κ1) is 13.1. The van der Waals surface area contributed by atoms with Crippen LogP contribution in [0.5, 0.6) is 0 Å². The molecular weight excluding hydrogens is 205 g/mol. The lowest BCUT2D eigenvalue weighted by Crippen LogP contribution is -2.17. The summed E-state index contributed by atoms with van der Waals surface area (Å²) in [5.74, 6) is -0.189. The van der Waals surface area contributed by atoms with Crippen LogP contribution in [0.1, 0.15) is 30.9 Å². The van der Waals surface area contributed by atoms with Gasteiger partial charge in [-0.15, -0.1) is 0 Å². The van der Waals surface area contributed by atoms with Crippen molar-refractivity contribution in [2.24, 2.45) is 0 Å². The van der Waals surface area contributed by atoms with Crippen molar-refractivity contribution in [2.45, 2.75) is 39.3 Å². The van der Waals surface area contributed by atoms with E-state index < -0.39 is 0 Å². The van der Waals surface area contributed by atoms with Crippen LogP contribution >= 0.6 is 0 Å². The molecule has 90 valence electrons. The second-order valence-corrected chi connectivity index (χ2v) is 4.24. The number of rotatable bonds is 6. The van der Waals surface area contributed by atoms with Gasteiger partial charge in [-0.1, -0.05) is 6.07 Å². The Kier molecular flexibility index (Phi) is 5.43. The molecule has 1 rings (SSSR count). The lowest BCUT2D eigenvalue weighted by Gasteiger charge is -2.08. The summed E-state index contributed by atoms with van der Waals surface area (Å²) in [4.78, 5) is 0. The van der Waals surface area contributed by atoms with E-state index in [9.17, 15) is 4.39 Å². The van der Waals surface area contributed by atoms with Crippen molar-refractivity contribution in [3.05, 3.63) is 35.1 Å². The highest BCUT2D eigenvalue weighted by Crippen LogP contribution is 2.09. The summed E-state index contributed by atoms with van der Waals surface area (Å²) in [7, 11) is 0. The molecular formula is C13H20FNO. The fraction of sp³-hybridized carbons (Fsp3) is 0.538. The van der Waals surface area contributed by atoms with E-state index in [1.54, 1.807) is 19.1 Å². The number of aliphatic hydroxyl groups is 1. The largest absolute Gasteiger partial charge is 0.393 e. The van der Waals surface area contributed by atoms with E-state index >= 15 is 0 Å². The van der Waals surface area contributed by atoms with Gasteiger partial charge in [0, 0.05) is 6.54 Å². The minimum Gasteiger partial charge on any atom is -0.393 e. The second kappa shape index (κ2) is 6.61. The first-order valence-electron chi connectivity index (χ1n) is 5.73. The molecule has 16 heavy (non-hydrogen) atoms. The quantitative estimate of drug-likeness (QED) is 0.729. The third-order valence-corrected chi connectivity index (χ3v) is 2.60. The monoisotopic (exact) mass is 225 g/mol. The van der Waals surface area contributed by atoms with Gasteiger partial charge in [0.05, 0.1) is 6.10 Å². The van der Waals surface area contributed by atoms with Crippen molar-refractivity contribution in [1.82, 2.24) is 5.32 Å². The van der Waals surface area contributed by atoms with Gasteiger partial charge in [0.15, 0.2) is 0 Å². The highest BCUT2D eigenvalue weighted by atomic mass is 19.1. The molecule has 2 nitrogen and oxygen atoms in total. The molecule has 0 saturated carbocycles. The highest BCUT2D eigenvalue weighted by molar-refractivity contribution is 5.26. The summed E-state index contributed by atoms with van der Waals surface area (Å²) in [5.41, 5.74) is 2.10. The molecule has 0 saturated heterocycles. The molecule has 0 heterocycles. The van der Waals surface area contributed by atoms with Crippen LogP contribution in [0.15, 0.2) is 18.2 Å². The molecule has 0 aliphatic rings. The molecule has 1 aromatic carbocycles. The Morgan fingerprint density at radius 2 is 2.19 bits per heavy atom. The van der Waals surface area contributed by atoms with E-state index in [1.165, 1.54) is 6.07 Å². The van der Waals surface area contributed by atoms with Crippen molar-refractivity contribution in [3.63, 3.8) is 0 Å². The lowest BCUT2D eigenvalue weighted by molar-refractivity contribution is 0.181. The van der Waals surface area contributed by atoms with Crippen LogP contribution in [-0.2, 0) is 6.54 Å². The fourth-order valence-electron chi connectivity index (χ4n) is 1.58. The van der Waals surface area contributed by atoms with E-state index in [1.807, 2.05) is 6.92 Å². The predicted octanol–water partition coefficient (Wildman–Crippen LogP) is 2.38. The summed E-state index contributed by atoms with van der Waals surface area (Å²) in [5, 5.41) is 12.3. The first-order chi connectivity index (χ1) is 7.59. The summed E-state index contributed by atoms with van der Waals surface area (Å²) in [6.07, 6.45) is 1.50. The van der Waals surface area contributed by atoms with Crippen LogP contribution in [-0.4, -0.2) is 17.8 Å². The maximum Gasteiger partial charge on any atom is 0.123 e. The Hall–Kier alpha value is -0.930. The lowest BCUT2D eigenvalue weighted by atomic mass is 10.1. The maximum absolute atomic E-state index is 13.0. The third kappa shape index (κ3) is 4.73. The summed E-state index contributed by atoms with van der Waals surface area (Å²) in [6.45, 7) is 5.30. The van der Waals surface area contributed by atoms with Crippen molar-refractivity contribution < 1.29 is 9.50 Å². The number of aliphatic hydroxyl groups excluding tert-OH is 1. The van der Waals surface area contributed by atoms with Gasteiger partial charge >= 0.3 is 0 Å². The number of halogens is 1. The molecule has 2 N–H and O–H groups in total. The number of nitrogens with one attached hydrogen (secondary N) is 1. The van der Waals surface area contributed by atoms with E-state index in [0.29, 0.717) is 6.54 Å². The average molecular weight is 225 g/mol. The summed E-state index contributed by atoms with van der Waals surface area (Å²) >= 11 is 0. The summed E-state index contributed by atoms with van der Waals surface area (Å²) in [6, 6.07) is 4.84. The molecule has 0 bridgehead atoms. The molecule has 3 heteroatoms. The van der Waals surface area contributed by atoms with E-state index in [4.69, 9.17) is 5.11 Å². The van der Waals surface area contributed by atoms with Crippen LogP contribution in [0, 0.1) is 12.7 Å². The standard InChI is InChI=1S/C13H20FNO/c1-10-5-6-13(14)8-12(10)9-15-7-3-4-11(2)16/h5-6,8,11,15-16H,3-4,7,9H2,1-2H3. The molecule has 1 atom stereocenters. The van der Waals surface area contributed by atoms with E-state index in [2.05, 4.69) is 5.32 Å². The first-order valence-corrected chi connectivity index (χ1v) is 5.73. The number of benzene rings is 1. The molecule has 1 aromatic rings. The number of hydrogen-bond acceptors (Lipinski definition) is 2. The summed E-state index contributed by atoms with van der Waals surface area (Å²) < 4.78 is 13.0. The minimum atomic E-state index is -0.238. The van der Waals surface area contributed by atoms with Crippen molar-refractivity contribution in [1.29, 1.82) is 0 Å². The van der Waals surface area contributed by atoms with Crippen LogP contribution in [0.2, 0.25) is 0 Å². The SMILES string of the molecule is Cc1ccc(F)cc1CNCCCC(C)O. The van der Waals surface area contributed by atoms with Crippen molar-refractivity contribution in [2.75, 3.05) is 6.54 Å². The Bertz CT molecular complexity index is 326.